The van der Waals surface area contributed by atoms with E-state index in [1.54, 1.807) is 35.8 Å². The van der Waals surface area contributed by atoms with Gasteiger partial charge in [-0.3, -0.25) is 4.79 Å². The Morgan fingerprint density at radius 2 is 2.05 bits per heavy atom. The maximum absolute atomic E-state index is 13.0. The normalized spacial score (nSPS) is 17.4. The number of H-pyrrole nitrogens is 1. The maximum atomic E-state index is 13.0. The highest BCUT2D eigenvalue weighted by molar-refractivity contribution is 8.05. The van der Waals surface area contributed by atoms with E-state index in [9.17, 15) is 9.18 Å². The van der Waals surface area contributed by atoms with Gasteiger partial charge < -0.3 is 19.9 Å². The van der Waals surface area contributed by atoms with Crippen molar-refractivity contribution in [1.82, 2.24) is 15.0 Å². The van der Waals surface area contributed by atoms with Crippen LogP contribution in [-0.4, -0.2) is 34.6 Å². The number of fused-ring (bicyclic) bond motifs is 2. The van der Waals surface area contributed by atoms with Crippen LogP contribution < -0.4 is 15.8 Å². The number of nitrogens with one attached hydrogen (secondary N) is 2. The largest absolute Gasteiger partial charge is 0.377 e. The Morgan fingerprint density at radius 1 is 1.13 bits per heavy atom. The Labute approximate surface area is 228 Å². The first-order chi connectivity index (χ1) is 18.6. The summed E-state index contributed by atoms with van der Waals surface area (Å²) in [4.78, 5) is 30.2. The van der Waals surface area contributed by atoms with E-state index in [0.717, 1.165) is 16.9 Å². The molecule has 1 saturated heterocycles. The van der Waals surface area contributed by atoms with Crippen LogP contribution in [0.15, 0.2) is 91.5 Å². The van der Waals surface area contributed by atoms with Crippen molar-refractivity contribution in [3.63, 3.8) is 0 Å². The van der Waals surface area contributed by atoms with Gasteiger partial charge in [-0.2, -0.15) is 0 Å². The number of aromatic nitrogens is 3. The summed E-state index contributed by atoms with van der Waals surface area (Å²) < 4.78 is 19.2. The van der Waals surface area contributed by atoms with Gasteiger partial charge in [0.15, 0.2) is 0 Å². The van der Waals surface area contributed by atoms with Gasteiger partial charge in [0, 0.05) is 44.6 Å². The molecule has 2 aliphatic heterocycles. The fraction of sp³-hybridized carbons (Fsp3) is 0.250. The molecule has 38 heavy (non-hydrogen) atoms. The highest BCUT2D eigenvalue weighted by Gasteiger charge is 2.29. The van der Waals surface area contributed by atoms with Crippen LogP contribution in [-0.2, 0) is 11.4 Å². The zero-order chi connectivity index (χ0) is 26.1. The molecule has 2 atom stereocenters. The van der Waals surface area contributed by atoms with Crippen LogP contribution in [0.3, 0.4) is 0 Å². The van der Waals surface area contributed by atoms with Gasteiger partial charge in [-0.15, -0.1) is 0 Å². The van der Waals surface area contributed by atoms with E-state index in [0.29, 0.717) is 31.1 Å². The zero-order valence-corrected chi connectivity index (χ0v) is 22.3. The zero-order valence-electron chi connectivity index (χ0n) is 20.7. The summed E-state index contributed by atoms with van der Waals surface area (Å²) >= 11 is 3.50. The van der Waals surface area contributed by atoms with Gasteiger partial charge in [-0.25, -0.2) is 14.4 Å². The highest BCUT2D eigenvalue weighted by Crippen LogP contribution is 2.52. The Hall–Kier alpha value is -3.34. The third-order valence-corrected chi connectivity index (χ3v) is 9.26. The van der Waals surface area contributed by atoms with E-state index in [4.69, 9.17) is 4.74 Å². The Balaban J connectivity index is 1.21. The molecule has 2 N–H and O–H groups in total. The molecule has 0 bridgehead atoms. The number of benzene rings is 2. The minimum atomic E-state index is -0.606. The molecule has 0 radical (unpaired) electrons. The van der Waals surface area contributed by atoms with Gasteiger partial charge in [0.2, 0.25) is 0 Å². The van der Waals surface area contributed by atoms with Crippen LogP contribution in [0.5, 0.6) is 0 Å². The molecule has 0 aliphatic carbocycles. The van der Waals surface area contributed by atoms with E-state index in [1.165, 1.54) is 25.9 Å². The minimum absolute atomic E-state index is 0.0802. The summed E-state index contributed by atoms with van der Waals surface area (Å²) in [6.45, 7) is 3.26. The average Bonchev–Trinajstić information content (AvgIpc) is 2.96. The second-order valence-electron chi connectivity index (χ2n) is 9.16. The van der Waals surface area contributed by atoms with Crippen molar-refractivity contribution in [2.24, 2.45) is 0 Å². The fourth-order valence-corrected chi connectivity index (χ4v) is 7.18. The summed E-state index contributed by atoms with van der Waals surface area (Å²) in [6, 6.07) is 18.0. The number of pyridine rings is 1. The van der Waals surface area contributed by atoms with E-state index in [2.05, 4.69) is 61.6 Å². The molecular formula is C28H26FN5O2S2. The molecule has 4 heterocycles. The minimum Gasteiger partial charge on any atom is -0.377 e. The topological polar surface area (TPSA) is 83.1 Å². The molecule has 6 rings (SSSR count). The predicted octanol–water partition coefficient (Wildman–Crippen LogP) is 6.00. The van der Waals surface area contributed by atoms with Gasteiger partial charge in [-0.1, -0.05) is 35.7 Å². The van der Waals surface area contributed by atoms with Crippen molar-refractivity contribution in [3.05, 3.63) is 94.4 Å². The molecule has 10 heteroatoms. The lowest BCUT2D eigenvalue weighted by Crippen LogP contribution is -2.41. The van der Waals surface area contributed by atoms with E-state index in [1.807, 2.05) is 19.1 Å². The monoisotopic (exact) mass is 547 g/mol. The van der Waals surface area contributed by atoms with Crippen LogP contribution in [0.2, 0.25) is 0 Å². The first-order valence-corrected chi connectivity index (χ1v) is 14.0. The first-order valence-electron chi connectivity index (χ1n) is 12.4. The summed E-state index contributed by atoms with van der Waals surface area (Å²) in [5, 5.41) is 3.48. The van der Waals surface area contributed by atoms with Crippen molar-refractivity contribution >= 4 is 34.9 Å². The molecule has 2 unspecified atom stereocenters. The van der Waals surface area contributed by atoms with Crippen molar-refractivity contribution in [2.75, 3.05) is 29.9 Å². The number of aromatic amines is 1. The van der Waals surface area contributed by atoms with Gasteiger partial charge in [0.25, 0.3) is 5.56 Å². The molecule has 4 aromatic rings. The second-order valence-corrected chi connectivity index (χ2v) is 11.3. The third kappa shape index (κ3) is 5.03. The highest BCUT2D eigenvalue weighted by atomic mass is 32.2. The number of hydrogen-bond acceptors (Lipinski definition) is 8. The summed E-state index contributed by atoms with van der Waals surface area (Å²) in [6.07, 6.45) is 2.93. The van der Waals surface area contributed by atoms with Gasteiger partial charge >= 0.3 is 0 Å². The van der Waals surface area contributed by atoms with E-state index < -0.39 is 6.67 Å². The fourth-order valence-electron chi connectivity index (χ4n) is 4.73. The van der Waals surface area contributed by atoms with Crippen molar-refractivity contribution in [1.29, 1.82) is 0 Å². The van der Waals surface area contributed by atoms with Crippen LogP contribution in [0, 0.1) is 0 Å². The van der Waals surface area contributed by atoms with Gasteiger partial charge in [-0.05, 0) is 55.0 Å². The SMILES string of the molecule is CC(Nc1ccc2c(c1)Sc1cccc(C3CN(c4ccc[nH]c4=O)CCO3)c1S2)c1cc(CF)ncn1. The van der Waals surface area contributed by atoms with Gasteiger partial charge in [0.1, 0.15) is 24.8 Å². The molecule has 0 spiro atoms. The molecule has 2 aromatic heterocycles. The standard InChI is InChI=1S/C28H26FN5O2S2/c1-17(21-12-19(14-29)31-16-32-21)33-18-7-8-24-26(13-18)37-25-6-2-4-20(27(25)38-24)23-15-34(10-11-36-23)22-5-3-9-30-28(22)35/h2-9,12-13,16-17,23,33H,10-11,14-15H2,1H3,(H,30,35). The molecule has 0 amide bonds. The Kier molecular flexibility index (Phi) is 7.10. The molecular weight excluding hydrogens is 521 g/mol. The smallest absolute Gasteiger partial charge is 0.271 e. The van der Waals surface area contributed by atoms with E-state index >= 15 is 0 Å². The van der Waals surface area contributed by atoms with Gasteiger partial charge in [0.05, 0.1) is 24.0 Å². The molecule has 194 valence electrons. The predicted molar refractivity (Wildman–Crippen MR) is 148 cm³/mol. The number of anilines is 2. The van der Waals surface area contributed by atoms with Crippen molar-refractivity contribution in [2.45, 2.75) is 45.3 Å². The third-order valence-electron chi connectivity index (χ3n) is 6.65. The molecule has 2 aromatic carbocycles. The number of halogens is 1. The number of rotatable bonds is 6. The summed E-state index contributed by atoms with van der Waals surface area (Å²) in [5.41, 5.74) is 3.85. The summed E-state index contributed by atoms with van der Waals surface area (Å²) in [7, 11) is 0. The van der Waals surface area contributed by atoms with Crippen LogP contribution in [0.1, 0.15) is 36.0 Å². The lowest BCUT2D eigenvalue weighted by molar-refractivity contribution is 0.0378. The molecule has 7 nitrogen and oxygen atoms in total. The Morgan fingerprint density at radius 3 is 2.92 bits per heavy atom. The number of morpholine rings is 1. The number of hydrogen-bond donors (Lipinski definition) is 2. The lowest BCUT2D eigenvalue weighted by Gasteiger charge is -2.35. The van der Waals surface area contributed by atoms with Crippen molar-refractivity contribution < 1.29 is 9.13 Å². The first kappa shape index (κ1) is 25.0. The van der Waals surface area contributed by atoms with Crippen LogP contribution in [0.25, 0.3) is 0 Å². The van der Waals surface area contributed by atoms with E-state index in [-0.39, 0.29) is 17.7 Å². The number of alkyl halides is 1. The molecule has 1 fully saturated rings. The molecule has 0 saturated carbocycles. The van der Waals surface area contributed by atoms with Crippen molar-refractivity contribution in [3.8, 4) is 0 Å². The number of ether oxygens (including phenoxy) is 1. The second kappa shape index (κ2) is 10.8. The average molecular weight is 548 g/mol. The summed E-state index contributed by atoms with van der Waals surface area (Å²) in [5.74, 6) is 0. The molecule has 2 aliphatic rings. The maximum Gasteiger partial charge on any atom is 0.271 e. The number of nitrogens with zero attached hydrogens (tertiary/aromatic N) is 3. The Bertz CT molecular complexity index is 1530. The quantitative estimate of drug-likeness (QED) is 0.268. The lowest BCUT2D eigenvalue weighted by atomic mass is 10.1. The van der Waals surface area contributed by atoms with Crippen LogP contribution in [0.4, 0.5) is 15.8 Å². The van der Waals surface area contributed by atoms with Crippen LogP contribution >= 0.6 is 23.5 Å².